The lowest BCUT2D eigenvalue weighted by Gasteiger charge is -2.26. The molecule has 0 atom stereocenters. The largest absolute Gasteiger partial charge is 0.435 e. The van der Waals surface area contributed by atoms with Crippen molar-refractivity contribution in [2.75, 3.05) is 4.90 Å². The lowest BCUT2D eigenvalue weighted by atomic mass is 10.1. The first-order valence-corrected chi connectivity index (χ1v) is 8.17. The van der Waals surface area contributed by atoms with E-state index < -0.39 is 0 Å². The van der Waals surface area contributed by atoms with Crippen LogP contribution in [0.1, 0.15) is 44.9 Å². The Labute approximate surface area is 137 Å². The molecule has 0 saturated heterocycles. The molecule has 0 fully saturated rings. The smallest absolute Gasteiger partial charge is 0.227 e. The van der Waals surface area contributed by atoms with Crippen LogP contribution in [0.4, 0.5) is 5.69 Å². The van der Waals surface area contributed by atoms with E-state index in [1.165, 1.54) is 5.56 Å². The van der Waals surface area contributed by atoms with Crippen LogP contribution in [0.15, 0.2) is 41.5 Å². The number of hydrogen-bond donors (Lipinski definition) is 0. The maximum atomic E-state index is 6.19. The highest BCUT2D eigenvalue weighted by atomic mass is 16.3. The van der Waals surface area contributed by atoms with Crippen LogP contribution >= 0.6 is 0 Å². The quantitative estimate of drug-likeness (QED) is 0.612. The molecule has 120 valence electrons. The highest BCUT2D eigenvalue weighted by Gasteiger charge is 2.19. The summed E-state index contributed by atoms with van der Waals surface area (Å²) in [4.78, 5) is 6.86. The van der Waals surface area contributed by atoms with Gasteiger partial charge in [0.1, 0.15) is 0 Å². The van der Waals surface area contributed by atoms with Crippen LogP contribution in [0.2, 0.25) is 0 Å². The molecule has 2 heterocycles. The first-order valence-electron chi connectivity index (χ1n) is 8.17. The number of aryl methyl sites for hydroxylation is 1. The number of hydrogen-bond acceptors (Lipinski definition) is 3. The van der Waals surface area contributed by atoms with Gasteiger partial charge in [0, 0.05) is 22.5 Å². The van der Waals surface area contributed by atoms with Crippen molar-refractivity contribution >= 4 is 27.8 Å². The summed E-state index contributed by atoms with van der Waals surface area (Å²) in [5.41, 5.74) is 4.91. The molecule has 3 aromatic rings. The summed E-state index contributed by atoms with van der Waals surface area (Å²) in [6.07, 6.45) is 1.87. The predicted molar refractivity (Wildman–Crippen MR) is 98.2 cm³/mol. The van der Waals surface area contributed by atoms with Crippen LogP contribution in [-0.2, 0) is 0 Å². The van der Waals surface area contributed by atoms with Crippen molar-refractivity contribution in [3.63, 3.8) is 0 Å². The Morgan fingerprint density at radius 2 is 1.78 bits per heavy atom. The fraction of sp³-hybridized carbons (Fsp3) is 0.350. The summed E-state index contributed by atoms with van der Waals surface area (Å²) < 4.78 is 6.19. The van der Waals surface area contributed by atoms with Gasteiger partial charge in [-0.3, -0.25) is 0 Å². The fourth-order valence-electron chi connectivity index (χ4n) is 3.02. The van der Waals surface area contributed by atoms with Crippen LogP contribution in [0, 0.1) is 6.92 Å². The minimum absolute atomic E-state index is 0.309. The number of nitrogens with zero attached hydrogens (tertiary/aromatic N) is 2. The highest BCUT2D eigenvalue weighted by molar-refractivity contribution is 6.08. The Hall–Kier alpha value is -2.29. The van der Waals surface area contributed by atoms with Crippen LogP contribution < -0.4 is 4.90 Å². The van der Waals surface area contributed by atoms with Gasteiger partial charge in [-0.05, 0) is 50.6 Å². The van der Waals surface area contributed by atoms with Gasteiger partial charge >= 0.3 is 0 Å². The van der Waals surface area contributed by atoms with Crippen molar-refractivity contribution < 1.29 is 4.42 Å². The predicted octanol–water partition coefficient (Wildman–Crippen LogP) is 5.77. The molecule has 0 aliphatic heterocycles. The average molecular weight is 308 g/mol. The number of furan rings is 1. The zero-order valence-corrected chi connectivity index (χ0v) is 14.6. The number of pyridine rings is 1. The monoisotopic (exact) mass is 308 g/mol. The van der Waals surface area contributed by atoms with Crippen LogP contribution in [-0.4, -0.2) is 11.0 Å². The number of anilines is 1. The molecule has 2 aromatic heterocycles. The third-order valence-electron chi connectivity index (χ3n) is 4.31. The normalized spacial score (nSPS) is 11.8. The maximum Gasteiger partial charge on any atom is 0.227 e. The lowest BCUT2D eigenvalue weighted by Crippen LogP contribution is -2.25. The Kier molecular flexibility index (Phi) is 3.88. The first kappa shape index (κ1) is 15.6. The van der Waals surface area contributed by atoms with Gasteiger partial charge in [-0.15, -0.1) is 0 Å². The second kappa shape index (κ2) is 5.73. The minimum atomic E-state index is 0.309. The molecule has 0 unspecified atom stereocenters. The van der Waals surface area contributed by atoms with Gasteiger partial charge in [-0.25, -0.2) is 4.98 Å². The van der Waals surface area contributed by atoms with Crippen molar-refractivity contribution in [2.24, 2.45) is 0 Å². The van der Waals surface area contributed by atoms with Gasteiger partial charge in [0.05, 0.1) is 5.69 Å². The molecule has 1 aromatic carbocycles. The Morgan fingerprint density at radius 1 is 1.09 bits per heavy atom. The van der Waals surface area contributed by atoms with Gasteiger partial charge in [0.15, 0.2) is 5.58 Å². The average Bonchev–Trinajstić information content (AvgIpc) is 2.87. The fourth-order valence-corrected chi connectivity index (χ4v) is 3.02. The Morgan fingerprint density at radius 3 is 2.39 bits per heavy atom. The SMILES string of the molecule is C=CN(c1c(C)ccc2c1oc1nc(C(C)C)ccc12)C(C)C. The number of rotatable bonds is 4. The molecule has 0 bridgehead atoms. The van der Waals surface area contributed by atoms with Gasteiger partial charge in [-0.2, -0.15) is 0 Å². The van der Waals surface area contributed by atoms with E-state index in [1.807, 2.05) is 6.20 Å². The summed E-state index contributed by atoms with van der Waals surface area (Å²) >= 11 is 0. The van der Waals surface area contributed by atoms with E-state index in [1.54, 1.807) is 0 Å². The molecule has 0 amide bonds. The Bertz CT molecular complexity index is 874. The van der Waals surface area contributed by atoms with E-state index in [4.69, 9.17) is 9.40 Å². The number of benzene rings is 1. The zero-order chi connectivity index (χ0) is 16.7. The molecule has 3 rings (SSSR count). The highest BCUT2D eigenvalue weighted by Crippen LogP contribution is 2.38. The van der Waals surface area contributed by atoms with Crippen molar-refractivity contribution in [3.8, 4) is 0 Å². The van der Waals surface area contributed by atoms with E-state index in [0.29, 0.717) is 17.7 Å². The molecule has 0 saturated carbocycles. The van der Waals surface area contributed by atoms with Crippen molar-refractivity contribution in [1.29, 1.82) is 0 Å². The molecule has 3 nitrogen and oxygen atoms in total. The Balaban J connectivity index is 2.34. The van der Waals surface area contributed by atoms with Crippen LogP contribution in [0.3, 0.4) is 0 Å². The minimum Gasteiger partial charge on any atom is -0.435 e. The van der Waals surface area contributed by atoms with Gasteiger partial charge in [0.25, 0.3) is 0 Å². The van der Waals surface area contributed by atoms with E-state index in [9.17, 15) is 0 Å². The number of fused-ring (bicyclic) bond motifs is 3. The third-order valence-corrected chi connectivity index (χ3v) is 4.31. The molecule has 23 heavy (non-hydrogen) atoms. The van der Waals surface area contributed by atoms with Crippen molar-refractivity contribution in [3.05, 3.63) is 48.3 Å². The van der Waals surface area contributed by atoms with Gasteiger partial charge < -0.3 is 9.32 Å². The van der Waals surface area contributed by atoms with Gasteiger partial charge in [-0.1, -0.05) is 32.6 Å². The molecule has 0 aliphatic rings. The molecule has 0 spiro atoms. The van der Waals surface area contributed by atoms with Gasteiger partial charge in [0.2, 0.25) is 5.71 Å². The molecule has 0 aliphatic carbocycles. The lowest BCUT2D eigenvalue weighted by molar-refractivity contribution is 0.643. The second-order valence-corrected chi connectivity index (χ2v) is 6.64. The summed E-state index contributed by atoms with van der Waals surface area (Å²) in [7, 11) is 0. The molecular weight excluding hydrogens is 284 g/mol. The standard InChI is InChI=1S/C20H24N2O/c1-7-22(13(4)5)18-14(6)8-9-15-16-10-11-17(12(2)3)21-20(16)23-19(15)18/h7-13H,1H2,2-6H3. The summed E-state index contributed by atoms with van der Waals surface area (Å²) in [6.45, 7) is 14.7. The summed E-state index contributed by atoms with van der Waals surface area (Å²) in [5.74, 6) is 0.383. The van der Waals surface area contributed by atoms with Crippen molar-refractivity contribution in [1.82, 2.24) is 4.98 Å². The molecule has 0 radical (unpaired) electrons. The molecule has 3 heteroatoms. The van der Waals surface area contributed by atoms with E-state index in [0.717, 1.165) is 27.7 Å². The third kappa shape index (κ3) is 2.50. The van der Waals surface area contributed by atoms with Crippen LogP contribution in [0.25, 0.3) is 22.1 Å². The second-order valence-electron chi connectivity index (χ2n) is 6.64. The van der Waals surface area contributed by atoms with E-state index in [2.05, 4.69) is 70.4 Å². The molecule has 0 N–H and O–H groups in total. The maximum absolute atomic E-state index is 6.19. The topological polar surface area (TPSA) is 29.3 Å². The van der Waals surface area contributed by atoms with E-state index in [-0.39, 0.29) is 0 Å². The summed E-state index contributed by atoms with van der Waals surface area (Å²) in [5, 5.41) is 2.18. The first-order chi connectivity index (χ1) is 10.9. The zero-order valence-electron chi connectivity index (χ0n) is 14.6. The number of aromatic nitrogens is 1. The molecular formula is C20H24N2O. The van der Waals surface area contributed by atoms with Crippen LogP contribution in [0.5, 0.6) is 0 Å². The van der Waals surface area contributed by atoms with E-state index >= 15 is 0 Å². The van der Waals surface area contributed by atoms with Crippen molar-refractivity contribution in [2.45, 2.75) is 46.6 Å². The summed E-state index contributed by atoms with van der Waals surface area (Å²) in [6, 6.07) is 8.79.